The Kier molecular flexibility index (Phi) is 57.5. The summed E-state index contributed by atoms with van der Waals surface area (Å²) < 4.78 is 5.47. The molecule has 0 saturated heterocycles. The van der Waals surface area contributed by atoms with Crippen molar-refractivity contribution in [3.63, 3.8) is 0 Å². The number of carbonyl (C=O) groups is 2. The van der Waals surface area contributed by atoms with E-state index in [0.29, 0.717) is 19.4 Å². The molecule has 2 unspecified atom stereocenters. The van der Waals surface area contributed by atoms with Crippen LogP contribution in [-0.4, -0.2) is 47.4 Å². The summed E-state index contributed by atoms with van der Waals surface area (Å²) in [7, 11) is 0. The third-order valence-corrected chi connectivity index (χ3v) is 14.1. The van der Waals surface area contributed by atoms with Crippen molar-refractivity contribution in [3.05, 3.63) is 48.6 Å². The van der Waals surface area contributed by atoms with Gasteiger partial charge in [-0.1, -0.05) is 262 Å². The largest absolute Gasteiger partial charge is 0.466 e. The molecule has 3 N–H and O–H groups in total. The van der Waals surface area contributed by atoms with Crippen molar-refractivity contribution in [1.82, 2.24) is 5.32 Å². The molecule has 70 heavy (non-hydrogen) atoms. The van der Waals surface area contributed by atoms with Crippen molar-refractivity contribution in [2.75, 3.05) is 13.2 Å². The number of nitrogens with one attached hydrogen (secondary N) is 1. The first kappa shape index (κ1) is 67.8. The van der Waals surface area contributed by atoms with Crippen LogP contribution in [0, 0.1) is 0 Å². The van der Waals surface area contributed by atoms with E-state index in [1.54, 1.807) is 6.08 Å². The molecule has 0 aliphatic carbocycles. The number of aliphatic hydroxyl groups excluding tert-OH is 2. The first-order chi connectivity index (χ1) is 34.5. The Morgan fingerprint density at radius 1 is 0.400 bits per heavy atom. The maximum atomic E-state index is 12.5. The molecule has 0 aliphatic rings. The molecule has 0 aromatic heterocycles. The smallest absolute Gasteiger partial charge is 0.305 e. The Labute approximate surface area is 436 Å². The average Bonchev–Trinajstić information content (AvgIpc) is 3.36. The Morgan fingerprint density at radius 2 is 0.714 bits per heavy atom. The van der Waals surface area contributed by atoms with Crippen LogP contribution in [-0.2, 0) is 14.3 Å². The zero-order valence-corrected chi connectivity index (χ0v) is 46.7. The molecule has 0 radical (unpaired) electrons. The lowest BCUT2D eigenvalue weighted by molar-refractivity contribution is -0.143. The number of amides is 1. The van der Waals surface area contributed by atoms with Crippen LogP contribution >= 0.6 is 0 Å². The monoisotopic (exact) mass is 982 g/mol. The van der Waals surface area contributed by atoms with E-state index in [4.69, 9.17) is 4.74 Å². The second kappa shape index (κ2) is 59.4. The number of unbranched alkanes of at least 4 members (excludes halogenated alkanes) is 40. The van der Waals surface area contributed by atoms with E-state index < -0.39 is 12.1 Å². The van der Waals surface area contributed by atoms with Crippen molar-refractivity contribution in [2.24, 2.45) is 0 Å². The number of allylic oxidation sites excluding steroid dienone is 7. The molecule has 0 aliphatic heterocycles. The molecular weight excluding hydrogens is 863 g/mol. The highest BCUT2D eigenvalue weighted by atomic mass is 16.5. The van der Waals surface area contributed by atoms with E-state index in [2.05, 4.69) is 55.6 Å². The van der Waals surface area contributed by atoms with Gasteiger partial charge in [-0.2, -0.15) is 0 Å². The number of esters is 1. The molecule has 0 rings (SSSR count). The van der Waals surface area contributed by atoms with Gasteiger partial charge < -0.3 is 20.3 Å². The fourth-order valence-corrected chi connectivity index (χ4v) is 9.31. The highest BCUT2D eigenvalue weighted by molar-refractivity contribution is 5.76. The van der Waals surface area contributed by atoms with E-state index in [9.17, 15) is 19.8 Å². The maximum absolute atomic E-state index is 12.5. The summed E-state index contributed by atoms with van der Waals surface area (Å²) in [6, 6.07) is -0.641. The van der Waals surface area contributed by atoms with Gasteiger partial charge in [0.15, 0.2) is 0 Å². The van der Waals surface area contributed by atoms with Gasteiger partial charge in [0, 0.05) is 12.8 Å². The number of carbonyl (C=O) groups excluding carboxylic acids is 2. The number of ether oxygens (including phenoxy) is 1. The maximum Gasteiger partial charge on any atom is 0.305 e. The molecule has 6 nitrogen and oxygen atoms in total. The minimum Gasteiger partial charge on any atom is -0.466 e. The average molecular weight is 983 g/mol. The summed E-state index contributed by atoms with van der Waals surface area (Å²) in [5.74, 6) is -0.100. The third-order valence-electron chi connectivity index (χ3n) is 14.1. The van der Waals surface area contributed by atoms with E-state index in [-0.39, 0.29) is 18.5 Å². The van der Waals surface area contributed by atoms with E-state index in [1.165, 1.54) is 212 Å². The van der Waals surface area contributed by atoms with Crippen molar-refractivity contribution >= 4 is 11.9 Å². The first-order valence-corrected chi connectivity index (χ1v) is 30.9. The van der Waals surface area contributed by atoms with Crippen LogP contribution in [0.5, 0.6) is 0 Å². The lowest BCUT2D eigenvalue weighted by Crippen LogP contribution is -2.45. The summed E-state index contributed by atoms with van der Waals surface area (Å²) in [6.45, 7) is 4.87. The van der Waals surface area contributed by atoms with Gasteiger partial charge >= 0.3 is 5.97 Å². The van der Waals surface area contributed by atoms with Crippen LogP contribution in [0.3, 0.4) is 0 Å². The molecule has 2 atom stereocenters. The van der Waals surface area contributed by atoms with Crippen LogP contribution in [0.15, 0.2) is 48.6 Å². The molecule has 0 heterocycles. The number of hydrogen-bond donors (Lipinski definition) is 3. The molecular formula is C64H119NO5. The van der Waals surface area contributed by atoms with Crippen molar-refractivity contribution in [2.45, 2.75) is 334 Å². The standard InChI is InChI=1S/C64H119NO5/c1-3-5-7-9-11-13-15-17-19-21-22-26-30-34-38-42-46-50-54-58-64(69)70-59-55-51-47-43-39-35-31-27-23-25-29-33-37-41-45-49-53-57-63(68)65-61(60-66)62(67)56-52-48-44-40-36-32-28-24-20-18-16-14-12-10-8-6-4-2/h17,19,23,27,35,39,52,56,61-62,66-67H,3-16,18,20-22,24-26,28-34,36-38,40-51,53-55,57-60H2,1-2H3,(H,65,68)/b19-17-,27-23-,39-35-,56-52+. The summed E-state index contributed by atoms with van der Waals surface area (Å²) in [5, 5.41) is 23.1. The molecule has 410 valence electrons. The molecule has 0 aromatic rings. The van der Waals surface area contributed by atoms with Gasteiger partial charge in [-0.15, -0.1) is 0 Å². The second-order valence-corrected chi connectivity index (χ2v) is 21.0. The molecule has 0 spiro atoms. The Morgan fingerprint density at radius 3 is 1.10 bits per heavy atom. The number of aliphatic hydroxyl groups is 2. The third kappa shape index (κ3) is 55.1. The van der Waals surface area contributed by atoms with Crippen LogP contribution in [0.4, 0.5) is 0 Å². The fourth-order valence-electron chi connectivity index (χ4n) is 9.31. The van der Waals surface area contributed by atoms with Gasteiger partial charge in [0.05, 0.1) is 25.4 Å². The summed E-state index contributed by atoms with van der Waals surface area (Å²) in [6.07, 6.45) is 75.7. The van der Waals surface area contributed by atoms with E-state index in [1.807, 2.05) is 6.08 Å². The predicted octanol–water partition coefficient (Wildman–Crippen LogP) is 19.4. The lowest BCUT2D eigenvalue weighted by Gasteiger charge is -2.20. The second-order valence-electron chi connectivity index (χ2n) is 21.0. The molecule has 0 saturated carbocycles. The van der Waals surface area contributed by atoms with Gasteiger partial charge in [-0.05, 0) is 96.3 Å². The quantitative estimate of drug-likeness (QED) is 0.0321. The zero-order chi connectivity index (χ0) is 50.7. The van der Waals surface area contributed by atoms with Crippen LogP contribution < -0.4 is 5.32 Å². The molecule has 0 fully saturated rings. The minimum absolute atomic E-state index is 0.0170. The summed E-state index contributed by atoms with van der Waals surface area (Å²) in [5.41, 5.74) is 0. The molecule has 0 bridgehead atoms. The van der Waals surface area contributed by atoms with Crippen LogP contribution in [0.2, 0.25) is 0 Å². The fraction of sp³-hybridized carbons (Fsp3) is 0.844. The highest BCUT2D eigenvalue weighted by Gasteiger charge is 2.18. The topological polar surface area (TPSA) is 95.9 Å². The van der Waals surface area contributed by atoms with Crippen molar-refractivity contribution in [1.29, 1.82) is 0 Å². The van der Waals surface area contributed by atoms with Crippen molar-refractivity contribution in [3.8, 4) is 0 Å². The SMILES string of the molecule is CCCCCCCC/C=C\CCCCCCCCCCCC(=O)OCCCCC/C=C\C/C=C\CCCCCCCCCC(=O)NC(CO)C(O)/C=C/CCCCCCCCCCCCCCCCC. The van der Waals surface area contributed by atoms with Crippen LogP contribution in [0.1, 0.15) is 322 Å². The van der Waals surface area contributed by atoms with E-state index in [0.717, 1.165) is 83.5 Å². The first-order valence-electron chi connectivity index (χ1n) is 30.9. The van der Waals surface area contributed by atoms with Gasteiger partial charge in [-0.25, -0.2) is 0 Å². The lowest BCUT2D eigenvalue weighted by atomic mass is 10.0. The predicted molar refractivity (Wildman–Crippen MR) is 306 cm³/mol. The van der Waals surface area contributed by atoms with Gasteiger partial charge in [0.25, 0.3) is 0 Å². The Hall–Kier alpha value is -2.18. The summed E-state index contributed by atoms with van der Waals surface area (Å²) in [4.78, 5) is 24.6. The molecule has 1 amide bonds. The van der Waals surface area contributed by atoms with Gasteiger partial charge in [0.2, 0.25) is 5.91 Å². The van der Waals surface area contributed by atoms with Crippen molar-refractivity contribution < 1.29 is 24.5 Å². The molecule has 6 heteroatoms. The van der Waals surface area contributed by atoms with Gasteiger partial charge in [0.1, 0.15) is 0 Å². The number of hydrogen-bond acceptors (Lipinski definition) is 5. The highest BCUT2D eigenvalue weighted by Crippen LogP contribution is 2.16. The summed E-state index contributed by atoms with van der Waals surface area (Å²) >= 11 is 0. The number of rotatable bonds is 57. The van der Waals surface area contributed by atoms with Gasteiger partial charge in [-0.3, -0.25) is 9.59 Å². The Bertz CT molecular complexity index is 1180. The van der Waals surface area contributed by atoms with E-state index >= 15 is 0 Å². The zero-order valence-electron chi connectivity index (χ0n) is 46.7. The molecule has 0 aromatic carbocycles. The normalized spacial score (nSPS) is 12.9. The van der Waals surface area contributed by atoms with Crippen LogP contribution in [0.25, 0.3) is 0 Å². The Balaban J connectivity index is 3.51. The minimum atomic E-state index is -0.856.